The van der Waals surface area contributed by atoms with E-state index in [0.717, 1.165) is 5.92 Å². The molecule has 1 aromatic carbocycles. The fourth-order valence-electron chi connectivity index (χ4n) is 4.59. The molecule has 0 heterocycles. The maximum atomic E-state index is 4.28. The van der Waals surface area contributed by atoms with Crippen molar-refractivity contribution < 1.29 is 0 Å². The van der Waals surface area contributed by atoms with Crippen LogP contribution in [0.1, 0.15) is 94.1 Å². The third-order valence-electron chi connectivity index (χ3n) is 6.22. The summed E-state index contributed by atoms with van der Waals surface area (Å²) in [7, 11) is 0. The summed E-state index contributed by atoms with van der Waals surface area (Å²) in [6, 6.07) is 9.15. The van der Waals surface area contributed by atoms with Crippen LogP contribution in [0.15, 0.2) is 60.2 Å². The number of fused-ring (bicyclic) bond motifs is 1. The molecular formula is C26H36. The zero-order valence-corrected chi connectivity index (χ0v) is 16.5. The minimum Gasteiger partial charge on any atom is -0.0999 e. The van der Waals surface area contributed by atoms with Crippen LogP contribution in [0.25, 0.3) is 0 Å². The summed E-state index contributed by atoms with van der Waals surface area (Å²) in [4.78, 5) is 0. The van der Waals surface area contributed by atoms with Gasteiger partial charge in [-0.2, -0.15) is 0 Å². The molecule has 1 unspecified atom stereocenters. The summed E-state index contributed by atoms with van der Waals surface area (Å²) >= 11 is 0. The molecule has 0 spiro atoms. The molecule has 2 aliphatic carbocycles. The third kappa shape index (κ3) is 6.01. The molecule has 0 fully saturated rings. The average Bonchev–Trinajstić information content (AvgIpc) is 3.19. The quantitative estimate of drug-likeness (QED) is 0.280. The molecule has 1 atom stereocenters. The largest absolute Gasteiger partial charge is 0.0999 e. The number of rotatable bonds is 11. The third-order valence-corrected chi connectivity index (χ3v) is 6.22. The topological polar surface area (TPSA) is 0 Å². The molecule has 0 radical (unpaired) electrons. The van der Waals surface area contributed by atoms with E-state index in [4.69, 9.17) is 0 Å². The molecule has 0 nitrogen and oxygen atoms in total. The summed E-state index contributed by atoms with van der Waals surface area (Å²) in [5, 5.41) is 0. The van der Waals surface area contributed by atoms with Crippen LogP contribution in [-0.4, -0.2) is 0 Å². The Morgan fingerprint density at radius 1 is 1.00 bits per heavy atom. The summed E-state index contributed by atoms with van der Waals surface area (Å²) in [5.74, 6) is 0.833. The zero-order valence-electron chi connectivity index (χ0n) is 16.5. The lowest BCUT2D eigenvalue weighted by Gasteiger charge is -2.25. The predicted molar refractivity (Wildman–Crippen MR) is 115 cm³/mol. The molecule has 0 saturated carbocycles. The first-order valence-electron chi connectivity index (χ1n) is 10.9. The number of benzene rings is 1. The smallest absolute Gasteiger partial charge is 0.0132 e. The monoisotopic (exact) mass is 348 g/mol. The number of aryl methyl sites for hydroxylation is 1. The van der Waals surface area contributed by atoms with E-state index in [1.54, 1.807) is 16.7 Å². The second-order valence-electron chi connectivity index (χ2n) is 8.30. The van der Waals surface area contributed by atoms with Crippen molar-refractivity contribution in [2.45, 2.75) is 89.4 Å². The molecular weight excluding hydrogens is 312 g/mol. The summed E-state index contributed by atoms with van der Waals surface area (Å²) < 4.78 is 0. The Morgan fingerprint density at radius 2 is 1.85 bits per heavy atom. The first-order valence-corrected chi connectivity index (χ1v) is 10.9. The molecule has 0 N–H and O–H groups in total. The fraction of sp³-hybridized carbons (Fsp3) is 0.538. The van der Waals surface area contributed by atoms with Crippen molar-refractivity contribution in [3.63, 3.8) is 0 Å². The van der Waals surface area contributed by atoms with E-state index >= 15 is 0 Å². The molecule has 0 amide bonds. The van der Waals surface area contributed by atoms with Gasteiger partial charge in [0.1, 0.15) is 0 Å². The molecule has 0 aromatic heterocycles. The Bertz CT molecular complexity index is 631. The maximum Gasteiger partial charge on any atom is -0.0132 e. The summed E-state index contributed by atoms with van der Waals surface area (Å²) in [6.45, 7) is 4.28. The van der Waals surface area contributed by atoms with Crippen molar-refractivity contribution >= 4 is 0 Å². The van der Waals surface area contributed by atoms with E-state index in [1.807, 2.05) is 0 Å². The highest BCUT2D eigenvalue weighted by Gasteiger charge is 2.18. The average molecular weight is 349 g/mol. The highest BCUT2D eigenvalue weighted by atomic mass is 14.2. The normalized spacial score (nSPS) is 18.6. The second-order valence-corrected chi connectivity index (χ2v) is 8.30. The molecule has 0 heteroatoms. The molecule has 140 valence electrons. The SMILES string of the molecule is C=C(CCCCCCCC1CCCc2ccccc21)CCC1=CC=CC1. The number of unbranched alkanes of at least 4 members (excludes halogenated alkanes) is 4. The fourth-order valence-corrected chi connectivity index (χ4v) is 4.59. The minimum atomic E-state index is 0.833. The van der Waals surface area contributed by atoms with Crippen molar-refractivity contribution in [2.75, 3.05) is 0 Å². The Hall–Kier alpha value is -1.56. The van der Waals surface area contributed by atoms with Gasteiger partial charge in [0.15, 0.2) is 0 Å². The highest BCUT2D eigenvalue weighted by molar-refractivity contribution is 5.32. The lowest BCUT2D eigenvalue weighted by Crippen LogP contribution is -2.09. The van der Waals surface area contributed by atoms with E-state index in [-0.39, 0.29) is 0 Å². The van der Waals surface area contributed by atoms with Crippen molar-refractivity contribution in [1.29, 1.82) is 0 Å². The first-order chi connectivity index (χ1) is 12.8. The standard InChI is InChI=1S/C26H36/c1-22(20-21-23-13-7-8-14-23)12-5-3-2-4-6-15-24-17-11-18-25-16-9-10-19-26(24)25/h7-10,13,16,19,24H,1-6,11-12,14-15,17-18,20-21H2. The van der Waals surface area contributed by atoms with Crippen LogP contribution < -0.4 is 0 Å². The Labute approximate surface area is 161 Å². The Morgan fingerprint density at radius 3 is 2.73 bits per heavy atom. The number of hydrogen-bond donors (Lipinski definition) is 0. The van der Waals surface area contributed by atoms with E-state index < -0.39 is 0 Å². The van der Waals surface area contributed by atoms with Crippen molar-refractivity contribution in [1.82, 2.24) is 0 Å². The number of allylic oxidation sites excluding steroid dienone is 5. The lowest BCUT2D eigenvalue weighted by atomic mass is 9.80. The van der Waals surface area contributed by atoms with Crippen molar-refractivity contribution in [3.05, 3.63) is 71.3 Å². The number of hydrogen-bond acceptors (Lipinski definition) is 0. The van der Waals surface area contributed by atoms with Gasteiger partial charge in [-0.25, -0.2) is 0 Å². The molecule has 3 rings (SSSR count). The van der Waals surface area contributed by atoms with E-state index in [2.05, 4.69) is 49.1 Å². The van der Waals surface area contributed by atoms with Crippen LogP contribution in [0.2, 0.25) is 0 Å². The van der Waals surface area contributed by atoms with E-state index in [0.29, 0.717) is 0 Å². The molecule has 0 bridgehead atoms. The minimum absolute atomic E-state index is 0.833. The van der Waals surface area contributed by atoms with E-state index in [9.17, 15) is 0 Å². The van der Waals surface area contributed by atoms with Crippen LogP contribution in [0.5, 0.6) is 0 Å². The lowest BCUT2D eigenvalue weighted by molar-refractivity contribution is 0.484. The Kier molecular flexibility index (Phi) is 7.80. The van der Waals surface area contributed by atoms with Gasteiger partial charge in [0.25, 0.3) is 0 Å². The van der Waals surface area contributed by atoms with Crippen molar-refractivity contribution in [3.8, 4) is 0 Å². The molecule has 0 aliphatic heterocycles. The summed E-state index contributed by atoms with van der Waals surface area (Å²) in [5.41, 5.74) is 6.31. The van der Waals surface area contributed by atoms with E-state index in [1.165, 1.54) is 89.0 Å². The van der Waals surface area contributed by atoms with Gasteiger partial charge in [-0.15, -0.1) is 0 Å². The maximum absolute atomic E-state index is 4.28. The first kappa shape index (κ1) is 19.2. The van der Waals surface area contributed by atoms with Gasteiger partial charge in [-0.3, -0.25) is 0 Å². The second kappa shape index (κ2) is 10.6. The van der Waals surface area contributed by atoms with Crippen LogP contribution in [-0.2, 0) is 6.42 Å². The molecule has 26 heavy (non-hydrogen) atoms. The molecule has 2 aliphatic rings. The van der Waals surface area contributed by atoms with Crippen LogP contribution >= 0.6 is 0 Å². The van der Waals surface area contributed by atoms with Gasteiger partial charge >= 0.3 is 0 Å². The van der Waals surface area contributed by atoms with Crippen LogP contribution in [0.3, 0.4) is 0 Å². The van der Waals surface area contributed by atoms with Gasteiger partial charge < -0.3 is 0 Å². The zero-order chi connectivity index (χ0) is 18.0. The Balaban J connectivity index is 1.21. The summed E-state index contributed by atoms with van der Waals surface area (Å²) in [6.07, 6.45) is 23.9. The molecule has 0 saturated heterocycles. The highest BCUT2D eigenvalue weighted by Crippen LogP contribution is 2.35. The van der Waals surface area contributed by atoms with Crippen LogP contribution in [0, 0.1) is 0 Å². The van der Waals surface area contributed by atoms with Gasteiger partial charge in [0.05, 0.1) is 0 Å². The van der Waals surface area contributed by atoms with Gasteiger partial charge in [0, 0.05) is 0 Å². The van der Waals surface area contributed by atoms with Gasteiger partial charge in [0.2, 0.25) is 0 Å². The van der Waals surface area contributed by atoms with Gasteiger partial charge in [-0.05, 0) is 74.8 Å². The van der Waals surface area contributed by atoms with Crippen LogP contribution in [0.4, 0.5) is 0 Å². The molecule has 1 aromatic rings. The predicted octanol–water partition coefficient (Wildman–Crippen LogP) is 8.06. The van der Waals surface area contributed by atoms with Crippen molar-refractivity contribution in [2.24, 2.45) is 0 Å². The van der Waals surface area contributed by atoms with Gasteiger partial charge in [-0.1, -0.05) is 85.9 Å².